The van der Waals surface area contributed by atoms with Gasteiger partial charge in [-0.25, -0.2) is 0 Å². The number of nitrogens with zero attached hydrogens (tertiary/aromatic N) is 3. The second-order valence-corrected chi connectivity index (χ2v) is 8.45. The quantitative estimate of drug-likeness (QED) is 0.601. The molecule has 1 heterocycles. The summed E-state index contributed by atoms with van der Waals surface area (Å²) in [5.74, 6) is -0.0429. The third kappa shape index (κ3) is 5.03. The summed E-state index contributed by atoms with van der Waals surface area (Å²) >= 11 is 8.90. The van der Waals surface area contributed by atoms with Crippen LogP contribution in [0.4, 0.5) is 5.69 Å². The van der Waals surface area contributed by atoms with Crippen molar-refractivity contribution in [2.75, 3.05) is 5.32 Å². The number of hydrogen-bond donors (Lipinski definition) is 1. The van der Waals surface area contributed by atoms with Crippen LogP contribution in [0, 0.1) is 0 Å². The van der Waals surface area contributed by atoms with Crippen LogP contribution < -0.4 is 5.32 Å². The van der Waals surface area contributed by atoms with E-state index in [4.69, 9.17) is 11.6 Å². The van der Waals surface area contributed by atoms with E-state index in [1.165, 1.54) is 23.5 Å². The number of aromatic nitrogens is 3. The van der Waals surface area contributed by atoms with Crippen LogP contribution in [0.25, 0.3) is 0 Å². The highest BCUT2D eigenvalue weighted by Crippen LogP contribution is 2.28. The van der Waals surface area contributed by atoms with Gasteiger partial charge in [-0.15, -0.1) is 22.0 Å². The van der Waals surface area contributed by atoms with Crippen molar-refractivity contribution in [1.82, 2.24) is 14.8 Å². The van der Waals surface area contributed by atoms with E-state index in [0.717, 1.165) is 20.6 Å². The summed E-state index contributed by atoms with van der Waals surface area (Å²) in [6.07, 6.45) is 1.66. The molecule has 3 rings (SSSR count). The second kappa shape index (κ2) is 8.62. The van der Waals surface area contributed by atoms with Crippen molar-refractivity contribution in [3.8, 4) is 0 Å². The molecule has 1 N–H and O–H groups in total. The van der Waals surface area contributed by atoms with Crippen molar-refractivity contribution < 1.29 is 4.79 Å². The monoisotopic (exact) mass is 404 g/mol. The predicted octanol–water partition coefficient (Wildman–Crippen LogP) is 4.74. The first-order chi connectivity index (χ1) is 12.5. The van der Waals surface area contributed by atoms with Crippen molar-refractivity contribution >= 4 is 46.7 Å². The smallest absolute Gasteiger partial charge is 0.237 e. The van der Waals surface area contributed by atoms with Gasteiger partial charge in [-0.1, -0.05) is 11.6 Å². The molecule has 0 aliphatic carbocycles. The molecule has 0 saturated carbocycles. The number of aryl methyl sites for hydroxylation is 1. The van der Waals surface area contributed by atoms with E-state index in [1.54, 1.807) is 6.33 Å². The summed E-state index contributed by atoms with van der Waals surface area (Å²) in [5.41, 5.74) is 0.765. The Bertz CT molecular complexity index is 881. The lowest BCUT2D eigenvalue weighted by atomic mass is 10.3. The summed E-state index contributed by atoms with van der Waals surface area (Å²) in [6, 6.07) is 15.1. The predicted molar refractivity (Wildman–Crippen MR) is 107 cm³/mol. The van der Waals surface area contributed by atoms with Crippen LogP contribution >= 0.6 is 35.1 Å². The van der Waals surface area contributed by atoms with E-state index in [-0.39, 0.29) is 11.2 Å². The Morgan fingerprint density at radius 3 is 2.38 bits per heavy atom. The molecule has 1 atom stereocenters. The van der Waals surface area contributed by atoms with Crippen molar-refractivity contribution in [2.45, 2.75) is 27.1 Å². The van der Waals surface area contributed by atoms with E-state index in [1.807, 2.05) is 67.1 Å². The van der Waals surface area contributed by atoms with Crippen molar-refractivity contribution in [3.63, 3.8) is 0 Å². The fourth-order valence-electron chi connectivity index (χ4n) is 2.09. The van der Waals surface area contributed by atoms with Crippen LogP contribution in [-0.2, 0) is 11.8 Å². The molecule has 1 unspecified atom stereocenters. The SMILES string of the molecule is CC(Sc1ccc(Cl)cc1)C(=O)Nc1ccc(Sc2nncn2C)cc1. The Hall–Kier alpha value is -1.96. The molecular formula is C18H17ClN4OS2. The molecule has 2 aromatic carbocycles. The molecular weight excluding hydrogens is 388 g/mol. The number of carbonyl (C=O) groups excluding carboxylic acids is 1. The Balaban J connectivity index is 1.56. The molecule has 0 aliphatic heterocycles. The number of amides is 1. The van der Waals surface area contributed by atoms with Gasteiger partial charge >= 0.3 is 0 Å². The number of nitrogens with one attached hydrogen (secondary N) is 1. The van der Waals surface area contributed by atoms with Gasteiger partial charge in [-0.3, -0.25) is 4.79 Å². The van der Waals surface area contributed by atoms with Crippen LogP contribution in [0.1, 0.15) is 6.92 Å². The Kier molecular flexibility index (Phi) is 6.24. The van der Waals surface area contributed by atoms with Crippen molar-refractivity contribution in [2.24, 2.45) is 7.05 Å². The van der Waals surface area contributed by atoms with E-state index in [9.17, 15) is 4.79 Å². The lowest BCUT2D eigenvalue weighted by Crippen LogP contribution is -2.22. The van der Waals surface area contributed by atoms with Crippen molar-refractivity contribution in [3.05, 3.63) is 59.9 Å². The zero-order valence-corrected chi connectivity index (χ0v) is 16.6. The van der Waals surface area contributed by atoms with Crippen LogP contribution in [0.5, 0.6) is 0 Å². The van der Waals surface area contributed by atoms with E-state index in [2.05, 4.69) is 15.5 Å². The fraction of sp³-hybridized carbons (Fsp3) is 0.167. The summed E-state index contributed by atoms with van der Waals surface area (Å²) < 4.78 is 1.86. The fourth-order valence-corrected chi connectivity index (χ4v) is 3.85. The zero-order valence-electron chi connectivity index (χ0n) is 14.2. The molecule has 1 aromatic heterocycles. The normalized spacial score (nSPS) is 12.0. The molecule has 1 amide bonds. The van der Waals surface area contributed by atoms with Crippen LogP contribution in [-0.4, -0.2) is 25.9 Å². The topological polar surface area (TPSA) is 59.8 Å². The maximum absolute atomic E-state index is 12.4. The van der Waals surface area contributed by atoms with Crippen molar-refractivity contribution in [1.29, 1.82) is 0 Å². The second-order valence-electron chi connectivity index (χ2n) is 5.55. The number of hydrogen-bond acceptors (Lipinski definition) is 5. The molecule has 0 aliphatic rings. The number of anilines is 1. The minimum absolute atomic E-state index is 0.0429. The van der Waals surface area contributed by atoms with Gasteiger partial charge in [0.25, 0.3) is 0 Å². The lowest BCUT2D eigenvalue weighted by molar-refractivity contribution is -0.115. The molecule has 8 heteroatoms. The number of carbonyl (C=O) groups is 1. The molecule has 0 radical (unpaired) electrons. The number of rotatable bonds is 6. The first-order valence-corrected chi connectivity index (χ1v) is 9.93. The largest absolute Gasteiger partial charge is 0.325 e. The molecule has 26 heavy (non-hydrogen) atoms. The number of halogens is 1. The molecule has 0 spiro atoms. The number of benzene rings is 2. The molecule has 5 nitrogen and oxygen atoms in total. The molecule has 3 aromatic rings. The average Bonchev–Trinajstić information content (AvgIpc) is 3.03. The van der Waals surface area contributed by atoms with Gasteiger partial charge in [0.15, 0.2) is 5.16 Å². The standard InChI is InChI=1S/C18H17ClN4OS2/c1-12(25-15-7-3-13(19)4-8-15)17(24)21-14-5-9-16(10-6-14)26-18-22-20-11-23(18)2/h3-12H,1-2H3,(H,21,24). The summed E-state index contributed by atoms with van der Waals surface area (Å²) in [4.78, 5) is 14.4. The third-order valence-corrected chi connectivity index (χ3v) is 5.92. The maximum atomic E-state index is 12.4. The highest BCUT2D eigenvalue weighted by atomic mass is 35.5. The highest BCUT2D eigenvalue weighted by Gasteiger charge is 2.14. The van der Waals surface area contributed by atoms with Gasteiger partial charge in [-0.2, -0.15) is 0 Å². The zero-order chi connectivity index (χ0) is 18.5. The van der Waals surface area contributed by atoms with E-state index < -0.39 is 0 Å². The summed E-state index contributed by atoms with van der Waals surface area (Å²) in [5, 5.41) is 12.1. The lowest BCUT2D eigenvalue weighted by Gasteiger charge is -2.12. The third-order valence-electron chi connectivity index (χ3n) is 3.50. The first kappa shape index (κ1) is 18.8. The minimum atomic E-state index is -0.219. The Morgan fingerprint density at radius 2 is 1.77 bits per heavy atom. The van der Waals surface area contributed by atoms with Crippen LogP contribution in [0.3, 0.4) is 0 Å². The summed E-state index contributed by atoms with van der Waals surface area (Å²) in [7, 11) is 1.90. The average molecular weight is 405 g/mol. The summed E-state index contributed by atoms with van der Waals surface area (Å²) in [6.45, 7) is 1.88. The van der Waals surface area contributed by atoms with Gasteiger partial charge in [0.05, 0.1) is 5.25 Å². The highest BCUT2D eigenvalue weighted by molar-refractivity contribution is 8.00. The molecule has 0 fully saturated rings. The number of thioether (sulfide) groups is 1. The van der Waals surface area contributed by atoms with Crippen LogP contribution in [0.2, 0.25) is 5.02 Å². The van der Waals surface area contributed by atoms with E-state index >= 15 is 0 Å². The molecule has 0 bridgehead atoms. The first-order valence-electron chi connectivity index (χ1n) is 7.86. The van der Waals surface area contributed by atoms with Crippen LogP contribution in [0.15, 0.2) is 69.8 Å². The van der Waals surface area contributed by atoms with Gasteiger partial charge in [0.1, 0.15) is 6.33 Å². The molecule has 134 valence electrons. The van der Waals surface area contributed by atoms with E-state index in [0.29, 0.717) is 5.02 Å². The van der Waals surface area contributed by atoms with Gasteiger partial charge in [0.2, 0.25) is 5.91 Å². The van der Waals surface area contributed by atoms with Gasteiger partial charge in [-0.05, 0) is 67.2 Å². The minimum Gasteiger partial charge on any atom is -0.325 e. The molecule has 0 saturated heterocycles. The maximum Gasteiger partial charge on any atom is 0.237 e. The Morgan fingerprint density at radius 1 is 1.12 bits per heavy atom. The van der Waals surface area contributed by atoms with Gasteiger partial charge in [0, 0.05) is 27.5 Å². The van der Waals surface area contributed by atoms with Gasteiger partial charge < -0.3 is 9.88 Å². The Labute approximate surface area is 165 Å².